The molecule has 0 bridgehead atoms. The summed E-state index contributed by atoms with van der Waals surface area (Å²) in [5, 5.41) is 0. The minimum atomic E-state index is -0.733. The zero-order valence-electron chi connectivity index (χ0n) is 11.4. The van der Waals surface area contributed by atoms with Gasteiger partial charge in [0.15, 0.2) is 0 Å². The Balaban J connectivity index is 2.18. The van der Waals surface area contributed by atoms with E-state index in [0.717, 1.165) is 0 Å². The fourth-order valence-electron chi connectivity index (χ4n) is 2.55. The van der Waals surface area contributed by atoms with Crippen molar-refractivity contribution in [2.75, 3.05) is 0 Å². The molecule has 90 valence electrons. The quantitative estimate of drug-likeness (QED) is 0.679. The third kappa shape index (κ3) is 3.21. The van der Waals surface area contributed by atoms with Crippen molar-refractivity contribution in [3.05, 3.63) is 37.6 Å². The summed E-state index contributed by atoms with van der Waals surface area (Å²) >= 11 is -0.733. The zero-order valence-corrected chi connectivity index (χ0v) is 14.5. The zero-order chi connectivity index (χ0) is 12.4. The Labute approximate surface area is 126 Å². The summed E-state index contributed by atoms with van der Waals surface area (Å²) in [6.07, 6.45) is 12.0. The molecular weight excluding hydrogens is 332 g/mol. The summed E-state index contributed by atoms with van der Waals surface area (Å²) in [6, 6.07) is 0. The Bertz CT molecular complexity index is 377. The second kappa shape index (κ2) is 5.99. The second-order valence-corrected chi connectivity index (χ2v) is 10.1. The Morgan fingerprint density at radius 3 is 1.59 bits per heavy atom. The van der Waals surface area contributed by atoms with E-state index in [1.54, 1.807) is 11.1 Å². The van der Waals surface area contributed by atoms with Gasteiger partial charge in [-0.2, -0.15) is 0 Å². The number of rotatable bonds is 4. The van der Waals surface area contributed by atoms with Gasteiger partial charge < -0.3 is 0 Å². The molecule has 0 fully saturated rings. The van der Waals surface area contributed by atoms with Gasteiger partial charge in [-0.25, -0.2) is 0 Å². The second-order valence-electron chi connectivity index (χ2n) is 5.52. The van der Waals surface area contributed by atoms with E-state index in [9.17, 15) is 0 Å². The van der Waals surface area contributed by atoms with E-state index < -0.39 is 37.6 Å². The van der Waals surface area contributed by atoms with Crippen LogP contribution in [-0.2, 0) is 0 Å². The predicted octanol–water partition coefficient (Wildman–Crippen LogP) is 4.81. The first-order chi connectivity index (χ1) is 8.09. The van der Waals surface area contributed by atoms with Crippen molar-refractivity contribution in [1.82, 2.24) is 0 Å². The molecule has 0 N–H and O–H groups in total. The van der Waals surface area contributed by atoms with E-state index in [0.29, 0.717) is 11.8 Å². The Morgan fingerprint density at radius 2 is 1.24 bits per heavy atom. The summed E-state index contributed by atoms with van der Waals surface area (Å²) in [4.78, 5) is 0. The maximum atomic E-state index is 2.38. The van der Waals surface area contributed by atoms with Gasteiger partial charge >= 0.3 is 128 Å². The van der Waals surface area contributed by atoms with Gasteiger partial charge in [0, 0.05) is 0 Å². The Kier molecular flexibility index (Phi) is 4.85. The standard InChI is InChI=1S/2C8H11.Ce/c2*1-7(2)8-5-3-4-6-8;/h2*3,5,7H,4H2,1-2H3;. The average molecular weight is 354 g/mol. The van der Waals surface area contributed by atoms with Crippen molar-refractivity contribution >= 4 is 0 Å². The Morgan fingerprint density at radius 1 is 0.824 bits per heavy atom. The van der Waals surface area contributed by atoms with Crippen LogP contribution >= 0.6 is 0 Å². The van der Waals surface area contributed by atoms with Crippen LogP contribution in [0, 0.1) is 49.4 Å². The maximum absolute atomic E-state index is 2.38. The van der Waals surface area contributed by atoms with Crippen molar-refractivity contribution in [3.8, 4) is 0 Å². The van der Waals surface area contributed by atoms with E-state index >= 15 is 0 Å². The normalized spacial score (nSPS) is 19.4. The molecule has 0 aromatic heterocycles. The summed E-state index contributed by atoms with van der Waals surface area (Å²) in [5.74, 6) is 1.43. The molecule has 0 unspecified atom stereocenters. The van der Waals surface area contributed by atoms with Gasteiger partial charge in [-0.3, -0.25) is 0 Å². The van der Waals surface area contributed by atoms with Crippen LogP contribution in [0.5, 0.6) is 0 Å². The summed E-state index contributed by atoms with van der Waals surface area (Å²) in [6.45, 7) is 9.33. The molecule has 0 aromatic rings. The first-order valence-electron chi connectivity index (χ1n) is 6.65. The fourth-order valence-corrected chi connectivity index (χ4v) is 8.32. The minimum absolute atomic E-state index is 0.716. The van der Waals surface area contributed by atoms with Crippen LogP contribution in [0.2, 0.25) is 0 Å². The fraction of sp³-hybridized carbons (Fsp3) is 0.500. The Hall–Kier alpha value is 0.337. The summed E-state index contributed by atoms with van der Waals surface area (Å²) in [5.41, 5.74) is 3.33. The van der Waals surface area contributed by atoms with E-state index in [4.69, 9.17) is 0 Å². The first-order valence-corrected chi connectivity index (χ1v) is 9.79. The molecule has 0 heterocycles. The van der Waals surface area contributed by atoms with E-state index in [2.05, 4.69) is 52.0 Å². The summed E-state index contributed by atoms with van der Waals surface area (Å²) < 4.78 is 3.69. The molecule has 2 aliphatic carbocycles. The molecule has 2 rings (SSSR count). The van der Waals surface area contributed by atoms with Gasteiger partial charge in [-0.15, -0.1) is 0 Å². The third-order valence-corrected chi connectivity index (χ3v) is 8.47. The molecule has 0 saturated heterocycles. The van der Waals surface area contributed by atoms with Crippen LogP contribution in [-0.4, -0.2) is 0 Å². The molecule has 0 spiro atoms. The molecule has 0 saturated carbocycles. The number of hydrogen-bond acceptors (Lipinski definition) is 0. The van der Waals surface area contributed by atoms with Crippen LogP contribution in [0.1, 0.15) is 40.5 Å². The topological polar surface area (TPSA) is 0 Å². The van der Waals surface area contributed by atoms with Crippen molar-refractivity contribution in [2.24, 2.45) is 11.8 Å². The van der Waals surface area contributed by atoms with Gasteiger partial charge in [-0.1, -0.05) is 0 Å². The van der Waals surface area contributed by atoms with E-state index in [1.165, 1.54) is 12.8 Å². The van der Waals surface area contributed by atoms with Crippen molar-refractivity contribution in [1.29, 1.82) is 0 Å². The van der Waals surface area contributed by atoms with Crippen molar-refractivity contribution in [2.45, 2.75) is 40.5 Å². The molecule has 0 nitrogen and oxygen atoms in total. The molecule has 0 radical (unpaired) electrons. The van der Waals surface area contributed by atoms with Crippen LogP contribution in [0.3, 0.4) is 0 Å². The monoisotopic (exact) mass is 354 g/mol. The molecule has 2 aliphatic rings. The van der Waals surface area contributed by atoms with Gasteiger partial charge in [0.05, 0.1) is 0 Å². The van der Waals surface area contributed by atoms with Gasteiger partial charge in [0.25, 0.3) is 0 Å². The molecule has 1 heteroatoms. The summed E-state index contributed by atoms with van der Waals surface area (Å²) in [7, 11) is 0. The SMILES string of the molecule is CC(C)C1=[C]([Ce][C]2=C(C(C)C)C=CC2)CC=C1. The number of hydrogen-bond donors (Lipinski definition) is 0. The average Bonchev–Trinajstić information content (AvgIpc) is 2.86. The van der Waals surface area contributed by atoms with Crippen LogP contribution in [0.15, 0.2) is 37.6 Å². The molecule has 0 aliphatic heterocycles. The molecule has 0 atom stereocenters. The van der Waals surface area contributed by atoms with Crippen LogP contribution in [0.25, 0.3) is 0 Å². The van der Waals surface area contributed by atoms with Gasteiger partial charge in [0.2, 0.25) is 0 Å². The van der Waals surface area contributed by atoms with Gasteiger partial charge in [0.1, 0.15) is 0 Å². The van der Waals surface area contributed by atoms with Gasteiger partial charge in [-0.05, 0) is 0 Å². The van der Waals surface area contributed by atoms with Crippen LogP contribution < -0.4 is 0 Å². The van der Waals surface area contributed by atoms with E-state index in [-0.39, 0.29) is 0 Å². The van der Waals surface area contributed by atoms with E-state index in [1.807, 2.05) is 2.18 Å². The van der Waals surface area contributed by atoms with Crippen LogP contribution in [0.4, 0.5) is 0 Å². The van der Waals surface area contributed by atoms with Crippen molar-refractivity contribution in [3.63, 3.8) is 0 Å². The predicted molar refractivity (Wildman–Crippen MR) is 71.2 cm³/mol. The third-order valence-electron chi connectivity index (χ3n) is 3.48. The molecular formula is C16H22Ce. The first kappa shape index (κ1) is 13.8. The molecule has 0 amide bonds. The molecule has 17 heavy (non-hydrogen) atoms. The molecule has 0 aromatic carbocycles. The number of allylic oxidation sites excluding steroid dienone is 8. The van der Waals surface area contributed by atoms with Crippen molar-refractivity contribution < 1.29 is 37.6 Å².